The topological polar surface area (TPSA) is 211 Å². The van der Waals surface area contributed by atoms with Crippen molar-refractivity contribution in [1.82, 2.24) is 4.31 Å². The van der Waals surface area contributed by atoms with Crippen molar-refractivity contribution in [3.63, 3.8) is 0 Å². The van der Waals surface area contributed by atoms with Gasteiger partial charge in [0.1, 0.15) is 10.6 Å². The van der Waals surface area contributed by atoms with Gasteiger partial charge in [0, 0.05) is 36.3 Å². The minimum absolute atomic E-state index is 0.118. The number of fused-ring (bicyclic) bond motifs is 3. The van der Waals surface area contributed by atoms with E-state index in [0.717, 1.165) is 22.5 Å². The standard InChI is InChI=1S/C27H20N4O10S2/c32-28-27-21-11-19(42(37,38)29(15-17-7-3-1-4-8-17)16-18-9-5-2-6-10-18)13-23(30(33)34)25(21)26-22(27)12-20(43(39,40)41)14-24(26)31(35)36/h1-14,32H,15-16H2,(H,39,40,41)/b28-27-. The number of nitrogens with zero attached hydrogens (tertiary/aromatic N) is 4. The van der Waals surface area contributed by atoms with Crippen molar-refractivity contribution in [3.8, 4) is 11.1 Å². The van der Waals surface area contributed by atoms with Gasteiger partial charge < -0.3 is 5.21 Å². The number of benzene rings is 4. The molecule has 14 nitrogen and oxygen atoms in total. The van der Waals surface area contributed by atoms with E-state index in [1.165, 1.54) is 0 Å². The van der Waals surface area contributed by atoms with E-state index in [2.05, 4.69) is 5.16 Å². The van der Waals surface area contributed by atoms with E-state index in [4.69, 9.17) is 0 Å². The highest BCUT2D eigenvalue weighted by Gasteiger charge is 2.41. The summed E-state index contributed by atoms with van der Waals surface area (Å²) in [5, 5.41) is 37.2. The minimum atomic E-state index is -5.01. The van der Waals surface area contributed by atoms with Crippen LogP contribution in [0.25, 0.3) is 11.1 Å². The molecular formula is C27H20N4O10S2. The fourth-order valence-electron chi connectivity index (χ4n) is 4.89. The zero-order valence-electron chi connectivity index (χ0n) is 21.8. The van der Waals surface area contributed by atoms with Crippen LogP contribution in [0.1, 0.15) is 22.3 Å². The van der Waals surface area contributed by atoms with E-state index in [1.54, 1.807) is 60.7 Å². The highest BCUT2D eigenvalue weighted by atomic mass is 32.2. The minimum Gasteiger partial charge on any atom is -0.410 e. The second-order valence-corrected chi connectivity index (χ2v) is 12.8. The van der Waals surface area contributed by atoms with Gasteiger partial charge in [-0.3, -0.25) is 24.8 Å². The molecule has 1 aliphatic rings. The number of sulfonamides is 1. The van der Waals surface area contributed by atoms with Crippen molar-refractivity contribution in [2.75, 3.05) is 0 Å². The Kier molecular flexibility index (Phi) is 7.53. The molecule has 0 unspecified atom stereocenters. The van der Waals surface area contributed by atoms with E-state index >= 15 is 0 Å². The quantitative estimate of drug-likeness (QED) is 0.102. The molecule has 0 spiro atoms. The molecule has 4 aromatic rings. The number of hydrogen-bond donors (Lipinski definition) is 2. The third-order valence-corrected chi connectivity index (χ3v) is 9.38. The Labute approximate surface area is 244 Å². The molecule has 0 fully saturated rings. The fraction of sp³-hybridized carbons (Fsp3) is 0.0741. The van der Waals surface area contributed by atoms with E-state index < -0.39 is 73.6 Å². The normalized spacial score (nSPS) is 13.6. The summed E-state index contributed by atoms with van der Waals surface area (Å²) in [6, 6.07) is 20.2. The van der Waals surface area contributed by atoms with Crippen LogP contribution in [0.4, 0.5) is 11.4 Å². The van der Waals surface area contributed by atoms with Gasteiger partial charge in [-0.1, -0.05) is 65.8 Å². The Bertz CT molecular complexity index is 1990. The lowest BCUT2D eigenvalue weighted by Gasteiger charge is -2.23. The Balaban J connectivity index is 1.75. The van der Waals surface area contributed by atoms with Gasteiger partial charge in [-0.2, -0.15) is 12.7 Å². The Morgan fingerprint density at radius 2 is 1.12 bits per heavy atom. The van der Waals surface area contributed by atoms with Crippen LogP contribution in [0.15, 0.2) is 99.9 Å². The van der Waals surface area contributed by atoms with Crippen LogP contribution in [0, 0.1) is 20.2 Å². The summed E-state index contributed by atoms with van der Waals surface area (Å²) in [4.78, 5) is 20.8. The third kappa shape index (κ3) is 5.46. The highest BCUT2D eigenvalue weighted by molar-refractivity contribution is 7.89. The van der Waals surface area contributed by atoms with Gasteiger partial charge in [0.05, 0.1) is 25.9 Å². The number of nitro groups is 2. The molecule has 0 amide bonds. The van der Waals surface area contributed by atoms with Crippen molar-refractivity contribution in [1.29, 1.82) is 0 Å². The fourth-order valence-corrected chi connectivity index (χ4v) is 6.88. The molecule has 0 bridgehead atoms. The molecule has 2 N–H and O–H groups in total. The van der Waals surface area contributed by atoms with Crippen molar-refractivity contribution in [2.45, 2.75) is 22.9 Å². The second kappa shape index (κ2) is 11.0. The van der Waals surface area contributed by atoms with Crippen molar-refractivity contribution < 1.29 is 36.4 Å². The summed E-state index contributed by atoms with van der Waals surface area (Å²) in [7, 11) is -9.53. The van der Waals surface area contributed by atoms with Crippen molar-refractivity contribution in [3.05, 3.63) is 127 Å². The van der Waals surface area contributed by atoms with Gasteiger partial charge in [-0.15, -0.1) is 0 Å². The van der Waals surface area contributed by atoms with E-state index in [1.807, 2.05) is 0 Å². The van der Waals surface area contributed by atoms with Crippen molar-refractivity contribution in [2.24, 2.45) is 5.16 Å². The van der Waals surface area contributed by atoms with Gasteiger partial charge in [-0.05, 0) is 23.3 Å². The van der Waals surface area contributed by atoms with Crippen LogP contribution in [0.5, 0.6) is 0 Å². The van der Waals surface area contributed by atoms with Gasteiger partial charge >= 0.3 is 0 Å². The van der Waals surface area contributed by atoms with Gasteiger partial charge in [-0.25, -0.2) is 8.42 Å². The molecule has 0 aromatic heterocycles. The Hall–Kier alpha value is -5.03. The molecule has 43 heavy (non-hydrogen) atoms. The highest BCUT2D eigenvalue weighted by Crippen LogP contribution is 2.49. The second-order valence-electron chi connectivity index (χ2n) is 9.41. The number of oxime groups is 1. The van der Waals surface area contributed by atoms with E-state index in [-0.39, 0.29) is 18.7 Å². The van der Waals surface area contributed by atoms with Crippen LogP contribution in [-0.4, -0.2) is 46.5 Å². The summed E-state index contributed by atoms with van der Waals surface area (Å²) in [6.45, 7) is -0.235. The molecule has 0 atom stereocenters. The van der Waals surface area contributed by atoms with E-state index in [0.29, 0.717) is 17.2 Å². The Morgan fingerprint density at radius 3 is 1.51 bits per heavy atom. The van der Waals surface area contributed by atoms with Gasteiger partial charge in [0.25, 0.3) is 21.5 Å². The lowest BCUT2D eigenvalue weighted by molar-refractivity contribution is -0.386. The molecule has 5 rings (SSSR count). The summed E-state index contributed by atoms with van der Waals surface area (Å²) in [6.07, 6.45) is 0. The largest absolute Gasteiger partial charge is 0.410 e. The van der Waals surface area contributed by atoms with Crippen LogP contribution in [0.3, 0.4) is 0 Å². The lowest BCUT2D eigenvalue weighted by Crippen LogP contribution is -2.30. The average Bonchev–Trinajstić information content (AvgIpc) is 3.29. The van der Waals surface area contributed by atoms with Crippen LogP contribution >= 0.6 is 0 Å². The lowest BCUT2D eigenvalue weighted by atomic mass is 10.0. The van der Waals surface area contributed by atoms with Gasteiger partial charge in [0.15, 0.2) is 0 Å². The molecule has 220 valence electrons. The molecular weight excluding hydrogens is 604 g/mol. The maximum atomic E-state index is 14.1. The zero-order chi connectivity index (χ0) is 31.1. The SMILES string of the molecule is O=[N+]([O-])c1cc(S(=O)(=O)O)cc2c1-c1c(cc(S(=O)(=O)N(Cc3ccccc3)Cc3ccccc3)cc1[N+](=O)[O-])/C2=N/O. The Morgan fingerprint density at radius 1 is 0.698 bits per heavy atom. The number of hydrogen-bond acceptors (Lipinski definition) is 10. The first kappa shape index (κ1) is 29.5. The predicted octanol–water partition coefficient (Wildman–Crippen LogP) is 4.35. The number of rotatable bonds is 9. The van der Waals surface area contributed by atoms with Gasteiger partial charge in [0.2, 0.25) is 10.0 Å². The molecule has 16 heteroatoms. The summed E-state index contributed by atoms with van der Waals surface area (Å²) in [5.74, 6) is 0. The first-order chi connectivity index (χ1) is 20.3. The number of nitro benzene ring substituents is 2. The summed E-state index contributed by atoms with van der Waals surface area (Å²) in [5.41, 5.74) is -2.83. The molecule has 0 saturated heterocycles. The maximum absolute atomic E-state index is 14.1. The molecule has 0 saturated carbocycles. The molecule has 0 aliphatic heterocycles. The molecule has 1 aliphatic carbocycles. The first-order valence-electron chi connectivity index (χ1n) is 12.3. The van der Waals surface area contributed by atoms with Crippen LogP contribution in [-0.2, 0) is 33.2 Å². The monoisotopic (exact) mass is 624 g/mol. The average molecular weight is 625 g/mol. The smallest absolute Gasteiger partial charge is 0.294 e. The maximum Gasteiger partial charge on any atom is 0.294 e. The van der Waals surface area contributed by atoms with Crippen LogP contribution < -0.4 is 0 Å². The van der Waals surface area contributed by atoms with Crippen LogP contribution in [0.2, 0.25) is 0 Å². The molecule has 0 radical (unpaired) electrons. The third-order valence-electron chi connectivity index (χ3n) is 6.77. The predicted molar refractivity (Wildman–Crippen MR) is 152 cm³/mol. The van der Waals surface area contributed by atoms with Crippen molar-refractivity contribution >= 4 is 37.2 Å². The first-order valence-corrected chi connectivity index (χ1v) is 15.1. The summed E-state index contributed by atoms with van der Waals surface area (Å²) >= 11 is 0. The summed E-state index contributed by atoms with van der Waals surface area (Å²) < 4.78 is 62.6. The molecule has 0 heterocycles. The van der Waals surface area contributed by atoms with E-state index in [9.17, 15) is 46.8 Å². The zero-order valence-corrected chi connectivity index (χ0v) is 23.4. The molecule has 4 aromatic carbocycles.